The molecule has 0 radical (unpaired) electrons. The number of thiophene rings is 1. The fourth-order valence-electron chi connectivity index (χ4n) is 2.45. The summed E-state index contributed by atoms with van der Waals surface area (Å²) in [5.41, 5.74) is 0. The van der Waals surface area contributed by atoms with E-state index in [1.165, 1.54) is 0 Å². The highest BCUT2D eigenvalue weighted by Gasteiger charge is 2.21. The molecule has 1 N–H and O–H groups in total. The summed E-state index contributed by atoms with van der Waals surface area (Å²) < 4.78 is 5.72. The maximum atomic E-state index is 11.8. The van der Waals surface area contributed by atoms with Gasteiger partial charge in [-0.25, -0.2) is 0 Å². The molecule has 0 saturated carbocycles. The van der Waals surface area contributed by atoms with Crippen molar-refractivity contribution in [2.24, 2.45) is 5.92 Å². The van der Waals surface area contributed by atoms with Crippen LogP contribution in [0.15, 0.2) is 17.5 Å². The van der Waals surface area contributed by atoms with Crippen molar-refractivity contribution in [3.63, 3.8) is 0 Å². The van der Waals surface area contributed by atoms with E-state index in [2.05, 4.69) is 24.1 Å². The molecule has 0 aromatic carbocycles. The minimum absolute atomic E-state index is 0.0806. The molecule has 5 heteroatoms. The van der Waals surface area contributed by atoms with Crippen molar-refractivity contribution in [1.29, 1.82) is 0 Å². The Kier molecular flexibility index (Phi) is 6.01. The highest BCUT2D eigenvalue weighted by atomic mass is 32.1. The van der Waals surface area contributed by atoms with E-state index in [0.717, 1.165) is 31.1 Å². The van der Waals surface area contributed by atoms with E-state index < -0.39 is 0 Å². The van der Waals surface area contributed by atoms with Crippen LogP contribution in [-0.2, 0) is 16.0 Å². The van der Waals surface area contributed by atoms with Gasteiger partial charge in [-0.15, -0.1) is 11.3 Å². The lowest BCUT2D eigenvalue weighted by Crippen LogP contribution is -2.48. The number of hydrogen-bond donors (Lipinski definition) is 1. The Bertz CT molecular complexity index is 406. The zero-order chi connectivity index (χ0) is 14.4. The molecule has 1 amide bonds. The third kappa shape index (κ3) is 5.23. The van der Waals surface area contributed by atoms with Crippen molar-refractivity contribution < 1.29 is 9.53 Å². The van der Waals surface area contributed by atoms with Gasteiger partial charge in [0.15, 0.2) is 0 Å². The number of hydrogen-bond acceptors (Lipinski definition) is 4. The largest absolute Gasteiger partial charge is 0.374 e. The number of ether oxygens (including phenoxy) is 1. The molecule has 0 spiro atoms. The second kappa shape index (κ2) is 7.76. The van der Waals surface area contributed by atoms with E-state index in [4.69, 9.17) is 4.74 Å². The number of amides is 1. The van der Waals surface area contributed by atoms with Gasteiger partial charge in [-0.1, -0.05) is 19.9 Å². The van der Waals surface area contributed by atoms with E-state index in [1.807, 2.05) is 17.5 Å². The van der Waals surface area contributed by atoms with E-state index in [0.29, 0.717) is 18.9 Å². The Labute approximate surface area is 125 Å². The third-order valence-electron chi connectivity index (χ3n) is 3.29. The average Bonchev–Trinajstić information content (AvgIpc) is 2.89. The molecule has 2 rings (SSSR count). The summed E-state index contributed by atoms with van der Waals surface area (Å²) in [5.74, 6) is 0.749. The fourth-order valence-corrected chi connectivity index (χ4v) is 3.15. The summed E-state index contributed by atoms with van der Waals surface area (Å²) >= 11 is 1.62. The van der Waals surface area contributed by atoms with Crippen LogP contribution in [0.4, 0.5) is 0 Å². The topological polar surface area (TPSA) is 41.6 Å². The van der Waals surface area contributed by atoms with Crippen molar-refractivity contribution in [3.05, 3.63) is 22.4 Å². The SMILES string of the molecule is CC(C)CN1CCOC(CNC(=O)Cc2cccs2)C1. The minimum Gasteiger partial charge on any atom is -0.374 e. The number of carbonyl (C=O) groups is 1. The molecular formula is C15H24N2O2S. The zero-order valence-corrected chi connectivity index (χ0v) is 13.1. The molecule has 20 heavy (non-hydrogen) atoms. The predicted octanol–water partition coefficient (Wildman–Crippen LogP) is 1.76. The quantitative estimate of drug-likeness (QED) is 0.870. The molecular weight excluding hydrogens is 272 g/mol. The Morgan fingerprint density at radius 3 is 3.15 bits per heavy atom. The molecule has 4 nitrogen and oxygen atoms in total. The van der Waals surface area contributed by atoms with Crippen molar-refractivity contribution >= 4 is 17.2 Å². The number of morpholine rings is 1. The first-order chi connectivity index (χ1) is 9.63. The molecule has 1 atom stereocenters. The molecule has 112 valence electrons. The monoisotopic (exact) mass is 296 g/mol. The van der Waals surface area contributed by atoms with Crippen molar-refractivity contribution in [2.75, 3.05) is 32.8 Å². The van der Waals surface area contributed by atoms with Gasteiger partial charge < -0.3 is 10.1 Å². The lowest BCUT2D eigenvalue weighted by Gasteiger charge is -2.33. The standard InChI is InChI=1S/C15H24N2O2S/c1-12(2)10-17-5-6-19-13(11-17)9-16-15(18)8-14-4-3-7-20-14/h3-4,7,12-13H,5-6,8-11H2,1-2H3,(H,16,18). The summed E-state index contributed by atoms with van der Waals surface area (Å²) in [6.07, 6.45) is 0.592. The Morgan fingerprint density at radius 1 is 1.60 bits per heavy atom. The molecule has 2 heterocycles. The van der Waals surface area contributed by atoms with Gasteiger partial charge >= 0.3 is 0 Å². The first-order valence-corrected chi connectivity index (χ1v) is 8.14. The van der Waals surface area contributed by atoms with E-state index in [1.54, 1.807) is 11.3 Å². The first kappa shape index (κ1) is 15.5. The number of nitrogens with zero attached hydrogens (tertiary/aromatic N) is 1. The lowest BCUT2D eigenvalue weighted by atomic mass is 10.2. The average molecular weight is 296 g/mol. The van der Waals surface area contributed by atoms with Crippen molar-refractivity contribution in [3.8, 4) is 0 Å². The van der Waals surface area contributed by atoms with Crippen LogP contribution in [0.2, 0.25) is 0 Å². The van der Waals surface area contributed by atoms with Gasteiger partial charge in [0, 0.05) is 31.1 Å². The highest BCUT2D eigenvalue weighted by molar-refractivity contribution is 7.10. The molecule has 1 unspecified atom stereocenters. The van der Waals surface area contributed by atoms with Gasteiger partial charge in [-0.2, -0.15) is 0 Å². The molecule has 1 aromatic heterocycles. The lowest BCUT2D eigenvalue weighted by molar-refractivity contribution is -0.121. The summed E-state index contributed by atoms with van der Waals surface area (Å²) in [7, 11) is 0. The molecule has 0 aliphatic carbocycles. The molecule has 1 aliphatic heterocycles. The zero-order valence-electron chi connectivity index (χ0n) is 12.3. The third-order valence-corrected chi connectivity index (χ3v) is 4.16. The number of rotatable bonds is 6. The van der Waals surface area contributed by atoms with E-state index in [-0.39, 0.29) is 12.0 Å². The van der Waals surface area contributed by atoms with Crippen LogP contribution in [0.1, 0.15) is 18.7 Å². The summed E-state index contributed by atoms with van der Waals surface area (Å²) in [4.78, 5) is 15.4. The summed E-state index contributed by atoms with van der Waals surface area (Å²) in [6, 6.07) is 3.97. The predicted molar refractivity (Wildman–Crippen MR) is 82.1 cm³/mol. The minimum atomic E-state index is 0.0806. The summed E-state index contributed by atoms with van der Waals surface area (Å²) in [6.45, 7) is 8.84. The van der Waals surface area contributed by atoms with E-state index >= 15 is 0 Å². The second-order valence-electron chi connectivity index (χ2n) is 5.71. The first-order valence-electron chi connectivity index (χ1n) is 7.26. The van der Waals surface area contributed by atoms with Gasteiger partial charge in [-0.3, -0.25) is 9.69 Å². The number of carbonyl (C=O) groups excluding carboxylic acids is 1. The molecule has 1 fully saturated rings. The van der Waals surface area contributed by atoms with Crippen LogP contribution in [0.3, 0.4) is 0 Å². The van der Waals surface area contributed by atoms with Crippen LogP contribution in [0.5, 0.6) is 0 Å². The van der Waals surface area contributed by atoms with Gasteiger partial charge in [0.05, 0.1) is 19.1 Å². The van der Waals surface area contributed by atoms with Crippen molar-refractivity contribution in [1.82, 2.24) is 10.2 Å². The fraction of sp³-hybridized carbons (Fsp3) is 0.667. The maximum Gasteiger partial charge on any atom is 0.225 e. The normalized spacial score (nSPS) is 20.2. The smallest absolute Gasteiger partial charge is 0.225 e. The highest BCUT2D eigenvalue weighted by Crippen LogP contribution is 2.10. The molecule has 1 aromatic rings. The van der Waals surface area contributed by atoms with Gasteiger partial charge in [0.1, 0.15) is 0 Å². The van der Waals surface area contributed by atoms with Crippen LogP contribution < -0.4 is 5.32 Å². The van der Waals surface area contributed by atoms with Crippen molar-refractivity contribution in [2.45, 2.75) is 26.4 Å². The Hall–Kier alpha value is -0.910. The van der Waals surface area contributed by atoms with E-state index in [9.17, 15) is 4.79 Å². The maximum absolute atomic E-state index is 11.8. The van der Waals surface area contributed by atoms with Gasteiger partial charge in [0.25, 0.3) is 0 Å². The van der Waals surface area contributed by atoms with Crippen LogP contribution in [0, 0.1) is 5.92 Å². The Morgan fingerprint density at radius 2 is 2.45 bits per heavy atom. The summed E-state index contributed by atoms with van der Waals surface area (Å²) in [5, 5.41) is 4.98. The molecule has 1 saturated heterocycles. The van der Waals surface area contributed by atoms with Gasteiger partial charge in [-0.05, 0) is 17.4 Å². The molecule has 0 bridgehead atoms. The van der Waals surface area contributed by atoms with Gasteiger partial charge in [0.2, 0.25) is 5.91 Å². The van der Waals surface area contributed by atoms with Crippen LogP contribution in [-0.4, -0.2) is 49.7 Å². The number of nitrogens with one attached hydrogen (secondary N) is 1. The van der Waals surface area contributed by atoms with Crippen LogP contribution >= 0.6 is 11.3 Å². The molecule has 1 aliphatic rings. The Balaban J connectivity index is 1.69. The second-order valence-corrected chi connectivity index (χ2v) is 6.74. The van der Waals surface area contributed by atoms with Crippen LogP contribution in [0.25, 0.3) is 0 Å².